The van der Waals surface area contributed by atoms with E-state index in [0.29, 0.717) is 15.1 Å². The number of nitrogens with zero attached hydrogens (tertiary/aromatic N) is 3. The van der Waals surface area contributed by atoms with Crippen molar-refractivity contribution in [3.8, 4) is 0 Å². The number of thioether (sulfide) groups is 3. The van der Waals surface area contributed by atoms with Gasteiger partial charge in [0.05, 0.1) is 69.7 Å². The molecule has 0 bridgehead atoms. The van der Waals surface area contributed by atoms with Gasteiger partial charge in [-0.2, -0.15) is 35.3 Å². The molecule has 15 rings (SSSR count). The Hall–Kier alpha value is -9.36. The highest BCUT2D eigenvalue weighted by atomic mass is 35.5. The highest BCUT2D eigenvalue weighted by molar-refractivity contribution is 8.00. The third-order valence-corrected chi connectivity index (χ3v) is 29.3. The van der Waals surface area contributed by atoms with Crippen LogP contribution in [0.4, 0.5) is 0 Å². The molecule has 3 atom stereocenters. The van der Waals surface area contributed by atoms with E-state index in [0.717, 1.165) is 194 Å². The second-order valence-electron chi connectivity index (χ2n) is 35.1. The minimum Gasteiger partial charge on any atom is -0.481 e. The zero-order chi connectivity index (χ0) is 87.1. The Kier molecular flexibility index (Phi) is 30.3. The summed E-state index contributed by atoms with van der Waals surface area (Å²) in [5.41, 5.74) is 15.5. The number of pyridine rings is 3. The molecule has 3 aliphatic carbocycles. The summed E-state index contributed by atoms with van der Waals surface area (Å²) < 4.78 is 0. The van der Waals surface area contributed by atoms with Crippen molar-refractivity contribution in [3.05, 3.63) is 335 Å². The van der Waals surface area contributed by atoms with Crippen LogP contribution in [0.5, 0.6) is 0 Å². The molecule has 0 amide bonds. The largest absolute Gasteiger partial charge is 0.481 e. The van der Waals surface area contributed by atoms with Gasteiger partial charge in [-0.1, -0.05) is 235 Å². The first-order valence-corrected chi connectivity index (χ1v) is 46.5. The number of fused-ring (bicyclic) bond motifs is 3. The number of aromatic nitrogens is 3. The van der Waals surface area contributed by atoms with E-state index in [1.54, 1.807) is 0 Å². The molecular weight excluding hydrogens is 1650 g/mol. The lowest BCUT2D eigenvalue weighted by Gasteiger charge is -2.24. The molecule has 0 spiro atoms. The highest BCUT2D eigenvalue weighted by Gasteiger charge is 2.47. The van der Waals surface area contributed by atoms with Crippen molar-refractivity contribution < 1.29 is 45.0 Å². The van der Waals surface area contributed by atoms with Crippen molar-refractivity contribution in [2.45, 2.75) is 170 Å². The Labute approximate surface area is 750 Å². The average Bonchev–Trinajstić information content (AvgIpc) is 1.66. The zero-order valence-corrected chi connectivity index (χ0v) is 75.3. The molecule has 0 saturated heterocycles. The monoisotopic (exact) mass is 1760 g/mol. The van der Waals surface area contributed by atoms with Crippen LogP contribution in [0.25, 0.3) is 69.2 Å². The van der Waals surface area contributed by atoms with Crippen LogP contribution in [0.3, 0.4) is 0 Å². The number of carboxylic acid groups (broad SMARTS) is 3. The third-order valence-electron chi connectivity index (χ3n) is 23.5. The first-order chi connectivity index (χ1) is 58.8. The number of aliphatic hydroxyl groups is 3. The Bertz CT molecular complexity index is 5280. The quantitative estimate of drug-likeness (QED) is 0.0216. The van der Waals surface area contributed by atoms with Gasteiger partial charge in [-0.3, -0.25) is 14.4 Å². The van der Waals surface area contributed by atoms with E-state index in [4.69, 9.17) is 49.8 Å². The fourth-order valence-electron chi connectivity index (χ4n) is 16.1. The smallest absolute Gasteiger partial charge is 0.303 e. The molecule has 0 unspecified atom stereocenters. The molecular formula is C105H108Cl3N3O9S3. The van der Waals surface area contributed by atoms with E-state index in [1.165, 1.54) is 16.7 Å². The Morgan fingerprint density at radius 1 is 0.350 bits per heavy atom. The molecule has 0 radical (unpaired) electrons. The van der Waals surface area contributed by atoms with Gasteiger partial charge >= 0.3 is 17.9 Å². The van der Waals surface area contributed by atoms with Crippen LogP contribution in [0.15, 0.2) is 237 Å². The molecule has 3 aromatic heterocycles. The number of carbonyl (C=O) groups is 3. The molecule has 18 heteroatoms. The SMILES string of the molecule is CC(C)(O)c1ccccc1CC[C@@H](SCC1(CC(=O)O)CC1)c1cccc(/C=C/c2ccc3ccc(Cl)cc3n2)c1.CC(C)(O)c1ccccc1CC[C@@H](SCC1(CC(=O)O)CC1)c1cccc(/C=C/c2ccc3ccc(Cl)cc3n2)c1.CC(C)(O)c1ccccc1CC[C@@H](SCC1(CC(=O)O)CC1)c1cccc(/C=C/c2ccc3ccc(Cl)cc3n2)c1. The maximum Gasteiger partial charge on any atom is 0.303 e. The summed E-state index contributed by atoms with van der Waals surface area (Å²) in [7, 11) is 0. The minimum absolute atomic E-state index is 0.0814. The summed E-state index contributed by atoms with van der Waals surface area (Å²) in [4.78, 5) is 48.7. The Balaban J connectivity index is 0.000000159. The van der Waals surface area contributed by atoms with Gasteiger partial charge in [-0.15, -0.1) is 0 Å². The van der Waals surface area contributed by atoms with Crippen LogP contribution >= 0.6 is 70.1 Å². The maximum absolute atomic E-state index is 11.5. The number of rotatable bonds is 36. The van der Waals surface area contributed by atoms with Crippen LogP contribution in [0.2, 0.25) is 15.1 Å². The van der Waals surface area contributed by atoms with Crippen molar-refractivity contribution in [3.63, 3.8) is 0 Å². The summed E-state index contributed by atoms with van der Waals surface area (Å²) in [6, 6.07) is 79.4. The van der Waals surface area contributed by atoms with Gasteiger partial charge in [0.25, 0.3) is 0 Å². The van der Waals surface area contributed by atoms with Crippen molar-refractivity contribution in [1.29, 1.82) is 0 Å². The summed E-state index contributed by atoms with van der Waals surface area (Å²) in [5.74, 6) is 0.365. The van der Waals surface area contributed by atoms with Gasteiger partial charge in [0.1, 0.15) is 0 Å². The van der Waals surface area contributed by atoms with Crippen molar-refractivity contribution in [1.82, 2.24) is 15.0 Å². The molecule has 3 aliphatic rings. The molecule has 3 fully saturated rings. The summed E-state index contributed by atoms with van der Waals surface area (Å²) in [6.07, 6.45) is 24.1. The van der Waals surface area contributed by atoms with E-state index in [2.05, 4.69) is 127 Å². The average molecular weight is 1760 g/mol. The Morgan fingerprint density at radius 2 is 0.610 bits per heavy atom. The Morgan fingerprint density at radius 3 is 0.862 bits per heavy atom. The molecule has 9 aromatic carbocycles. The molecule has 12 nitrogen and oxygen atoms in total. The van der Waals surface area contributed by atoms with Gasteiger partial charge in [0, 0.05) is 64.2 Å². The predicted octanol–water partition coefficient (Wildman–Crippen LogP) is 26.8. The second kappa shape index (κ2) is 40.7. The molecule has 123 heavy (non-hydrogen) atoms. The first kappa shape index (κ1) is 91.3. The lowest BCUT2D eigenvalue weighted by molar-refractivity contribution is -0.139. The zero-order valence-electron chi connectivity index (χ0n) is 70.5. The number of carboxylic acids is 3. The third kappa shape index (κ3) is 26.6. The molecule has 3 saturated carbocycles. The van der Waals surface area contributed by atoms with Gasteiger partial charge in [0.15, 0.2) is 0 Å². The van der Waals surface area contributed by atoms with Crippen molar-refractivity contribution >= 4 is 157 Å². The maximum atomic E-state index is 11.5. The lowest BCUT2D eigenvalue weighted by atomic mass is 9.90. The van der Waals surface area contributed by atoms with Crippen LogP contribution in [-0.2, 0) is 50.4 Å². The van der Waals surface area contributed by atoms with Gasteiger partial charge < -0.3 is 30.6 Å². The van der Waals surface area contributed by atoms with Crippen LogP contribution in [0.1, 0.15) is 218 Å². The summed E-state index contributed by atoms with van der Waals surface area (Å²) in [6.45, 7) is 11.0. The number of aliphatic carboxylic acids is 3. The van der Waals surface area contributed by atoms with Crippen molar-refractivity contribution in [2.24, 2.45) is 16.2 Å². The number of hydrogen-bond donors (Lipinski definition) is 6. The number of benzene rings is 9. The van der Waals surface area contributed by atoms with Crippen LogP contribution in [-0.4, -0.2) is 80.8 Å². The van der Waals surface area contributed by atoms with E-state index in [9.17, 15) is 45.0 Å². The van der Waals surface area contributed by atoms with Crippen molar-refractivity contribution in [2.75, 3.05) is 17.3 Å². The second-order valence-corrected chi connectivity index (χ2v) is 40.0. The normalized spacial score (nSPS) is 15.3. The topological polar surface area (TPSA) is 211 Å². The summed E-state index contributed by atoms with van der Waals surface area (Å²) >= 11 is 24.1. The van der Waals surface area contributed by atoms with Crippen LogP contribution < -0.4 is 0 Å². The van der Waals surface area contributed by atoms with Crippen LogP contribution in [0, 0.1) is 16.2 Å². The van der Waals surface area contributed by atoms with E-state index >= 15 is 0 Å². The van der Waals surface area contributed by atoms with E-state index in [-0.39, 0.29) is 51.3 Å². The molecule has 12 aromatic rings. The fraction of sp³-hybridized carbons (Fsp3) is 0.314. The van der Waals surface area contributed by atoms with E-state index in [1.807, 2.05) is 222 Å². The molecule has 3 heterocycles. The fourth-order valence-corrected chi connectivity index (χ4v) is 21.3. The molecule has 0 aliphatic heterocycles. The highest BCUT2D eigenvalue weighted by Crippen LogP contribution is 2.56. The minimum atomic E-state index is -0.911. The van der Waals surface area contributed by atoms with Gasteiger partial charge in [-0.05, 0) is 274 Å². The summed E-state index contributed by atoms with van der Waals surface area (Å²) in [5, 5.41) is 66.3. The first-order valence-electron chi connectivity index (χ1n) is 42.3. The van der Waals surface area contributed by atoms with Gasteiger partial charge in [-0.25, -0.2) is 15.0 Å². The number of hydrogen-bond acceptors (Lipinski definition) is 12. The predicted molar refractivity (Wildman–Crippen MR) is 514 cm³/mol. The van der Waals surface area contributed by atoms with Gasteiger partial charge in [0.2, 0.25) is 0 Å². The standard InChI is InChI=1S/3C35H36ClNO3S/c3*1-34(2,40)30-9-4-3-7-25(30)13-17-32(41-23-35(18-19-35)22-33(38)39)27-8-5-6-24(20-27)10-15-29-16-12-26-11-14-28(36)21-31(26)37-29/h3*3-12,14-16,20-21,32,40H,13,17-19,22-23H2,1-2H3,(H,38,39)/b3*15-10+/t3*32-/m111/s1. The molecule has 6 N–H and O–H groups in total. The number of halogens is 3. The molecule has 636 valence electrons. The number of aryl methyl sites for hydroxylation is 3. The lowest BCUT2D eigenvalue weighted by Crippen LogP contribution is -2.18. The van der Waals surface area contributed by atoms with E-state index < -0.39 is 34.7 Å².